The van der Waals surface area contributed by atoms with Gasteiger partial charge < -0.3 is 0 Å². The van der Waals surface area contributed by atoms with Gasteiger partial charge in [-0.1, -0.05) is 134 Å². The van der Waals surface area contributed by atoms with E-state index in [1.165, 1.54) is 38.9 Å². The number of benzene rings is 7. The Labute approximate surface area is 293 Å². The molecule has 3 aliphatic rings. The van der Waals surface area contributed by atoms with Crippen LogP contribution >= 0.6 is 0 Å². The van der Waals surface area contributed by atoms with Crippen LogP contribution in [0.2, 0.25) is 0 Å². The van der Waals surface area contributed by atoms with Gasteiger partial charge in [0, 0.05) is 23.0 Å². The molecule has 2 bridgehead atoms. The molecule has 0 spiro atoms. The lowest BCUT2D eigenvalue weighted by Gasteiger charge is -2.43. The Bertz CT molecular complexity index is 2400. The van der Waals surface area contributed by atoms with Gasteiger partial charge in [0.2, 0.25) is 0 Å². The molecule has 0 unspecified atom stereocenters. The Hall–Kier alpha value is -6.48. The molecule has 0 atom stereocenters. The highest BCUT2D eigenvalue weighted by molar-refractivity contribution is 5.90. The second-order valence-corrected chi connectivity index (χ2v) is 13.3. The summed E-state index contributed by atoms with van der Waals surface area (Å²) in [7, 11) is 0. The highest BCUT2D eigenvalue weighted by Gasteiger charge is 2.43. The SMILES string of the molecule is CCc1ccc2c(c1)C1c3cc(C#N)c(-c4ccccc4-c4ccccc4)cc3C2c2cc(-c3ccccc3-c3ccccc3)c(C#N)cc21. The van der Waals surface area contributed by atoms with E-state index in [4.69, 9.17) is 0 Å². The van der Waals surface area contributed by atoms with Crippen molar-refractivity contribution in [2.75, 3.05) is 0 Å². The van der Waals surface area contributed by atoms with Gasteiger partial charge in [0.15, 0.2) is 0 Å². The average molecular weight is 637 g/mol. The van der Waals surface area contributed by atoms with Crippen molar-refractivity contribution in [2.24, 2.45) is 0 Å². The van der Waals surface area contributed by atoms with Gasteiger partial charge in [0.1, 0.15) is 0 Å². The number of aryl methyl sites for hydroxylation is 1. The van der Waals surface area contributed by atoms with Gasteiger partial charge in [-0.05, 0) is 103 Å². The van der Waals surface area contributed by atoms with Crippen LogP contribution in [0.5, 0.6) is 0 Å². The standard InChI is InChI=1S/C48H32N2/c1-2-30-21-22-39-42(23-30)48-43-24-33(28-49)40(37-19-11-9-17-35(37)31-13-5-3-6-14-31)26-45(43)47(39)46-27-41(34(29-50)25-44(46)48)38-20-12-10-18-36(38)32-15-7-4-8-16-32/h3-27,47-48H,2H2,1H3. The van der Waals surface area contributed by atoms with Gasteiger partial charge in [-0.3, -0.25) is 0 Å². The zero-order valence-corrected chi connectivity index (χ0v) is 27.7. The maximum absolute atomic E-state index is 10.7. The van der Waals surface area contributed by atoms with Crippen LogP contribution in [0.3, 0.4) is 0 Å². The molecular formula is C48H32N2. The molecule has 0 radical (unpaired) electrons. The summed E-state index contributed by atoms with van der Waals surface area (Å²) in [5, 5.41) is 21.3. The first kappa shape index (κ1) is 29.6. The van der Waals surface area contributed by atoms with Crippen LogP contribution in [0.25, 0.3) is 44.5 Å². The highest BCUT2D eigenvalue weighted by Crippen LogP contribution is 2.58. The summed E-state index contributed by atoms with van der Waals surface area (Å²) in [6.07, 6.45) is 0.946. The second kappa shape index (κ2) is 11.9. The third-order valence-corrected chi connectivity index (χ3v) is 10.7. The molecule has 0 saturated heterocycles. The maximum Gasteiger partial charge on any atom is 0.0998 e. The predicted octanol–water partition coefficient (Wildman–Crippen LogP) is 11.6. The molecule has 10 rings (SSSR count). The number of hydrogen-bond acceptors (Lipinski definition) is 2. The third-order valence-electron chi connectivity index (χ3n) is 10.7. The molecule has 7 aromatic rings. The Morgan fingerprint density at radius 3 is 1.26 bits per heavy atom. The monoisotopic (exact) mass is 636 g/mol. The van der Waals surface area contributed by atoms with Crippen molar-refractivity contribution in [2.45, 2.75) is 25.2 Å². The number of nitrogens with zero attached hydrogens (tertiary/aromatic N) is 2. The third kappa shape index (κ3) is 4.54. The van der Waals surface area contributed by atoms with Gasteiger partial charge in [0.25, 0.3) is 0 Å². The van der Waals surface area contributed by atoms with Crippen LogP contribution in [0.4, 0.5) is 0 Å². The van der Waals surface area contributed by atoms with Crippen molar-refractivity contribution in [1.29, 1.82) is 10.5 Å². The first-order valence-electron chi connectivity index (χ1n) is 17.3. The number of hydrogen-bond donors (Lipinski definition) is 0. The molecule has 0 saturated carbocycles. The molecule has 2 nitrogen and oxygen atoms in total. The van der Waals surface area contributed by atoms with Crippen molar-refractivity contribution in [1.82, 2.24) is 0 Å². The molecule has 2 heteroatoms. The van der Waals surface area contributed by atoms with E-state index in [0.29, 0.717) is 11.1 Å². The van der Waals surface area contributed by atoms with E-state index in [1.54, 1.807) is 0 Å². The van der Waals surface area contributed by atoms with Gasteiger partial charge >= 0.3 is 0 Å². The van der Waals surface area contributed by atoms with Crippen molar-refractivity contribution in [3.63, 3.8) is 0 Å². The lowest BCUT2D eigenvalue weighted by atomic mass is 9.59. The zero-order chi connectivity index (χ0) is 33.8. The van der Waals surface area contributed by atoms with Crippen molar-refractivity contribution in [3.05, 3.63) is 202 Å². The Morgan fingerprint density at radius 2 is 0.800 bits per heavy atom. The predicted molar refractivity (Wildman–Crippen MR) is 202 cm³/mol. The minimum absolute atomic E-state index is 0.0309. The summed E-state index contributed by atoms with van der Waals surface area (Å²) in [6.45, 7) is 2.19. The Morgan fingerprint density at radius 1 is 0.400 bits per heavy atom. The molecule has 0 aliphatic heterocycles. The summed E-state index contributed by atoms with van der Waals surface area (Å²) in [4.78, 5) is 0. The number of nitriles is 2. The fraction of sp³-hybridized carbons (Fsp3) is 0.0833. The van der Waals surface area contributed by atoms with Gasteiger partial charge in [-0.25, -0.2) is 0 Å². The summed E-state index contributed by atoms with van der Waals surface area (Å²) in [5.74, 6) is -0.0980. The fourth-order valence-electron chi connectivity index (χ4n) is 8.43. The van der Waals surface area contributed by atoms with Crippen molar-refractivity contribution < 1.29 is 0 Å². The lowest BCUT2D eigenvalue weighted by Crippen LogP contribution is -2.28. The largest absolute Gasteiger partial charge is 0.192 e. The van der Waals surface area contributed by atoms with Crippen LogP contribution in [0.15, 0.2) is 152 Å². The lowest BCUT2D eigenvalue weighted by molar-refractivity contribution is 0.752. The normalized spacial score (nSPS) is 14.9. The molecule has 0 heterocycles. The highest BCUT2D eigenvalue weighted by atomic mass is 14.5. The van der Waals surface area contributed by atoms with Crippen LogP contribution in [0, 0.1) is 22.7 Å². The van der Waals surface area contributed by atoms with Crippen molar-refractivity contribution in [3.8, 4) is 56.6 Å². The molecule has 7 aromatic carbocycles. The molecule has 0 aromatic heterocycles. The summed E-state index contributed by atoms with van der Waals surface area (Å²) >= 11 is 0. The molecule has 0 fully saturated rings. The van der Waals surface area contributed by atoms with Gasteiger partial charge in [-0.15, -0.1) is 0 Å². The van der Waals surface area contributed by atoms with Crippen LogP contribution in [0.1, 0.15) is 68.8 Å². The summed E-state index contributed by atoms with van der Waals surface area (Å²) in [6, 6.07) is 58.6. The minimum atomic E-state index is -0.0671. The van der Waals surface area contributed by atoms with E-state index in [-0.39, 0.29) is 11.8 Å². The minimum Gasteiger partial charge on any atom is -0.192 e. The molecule has 3 aliphatic carbocycles. The van der Waals surface area contributed by atoms with E-state index >= 15 is 0 Å². The number of rotatable bonds is 5. The zero-order valence-electron chi connectivity index (χ0n) is 27.7. The molecule has 0 N–H and O–H groups in total. The summed E-state index contributed by atoms with van der Waals surface area (Å²) in [5.41, 5.74) is 18.5. The Kier molecular flexibility index (Phi) is 7.05. The van der Waals surface area contributed by atoms with Crippen LogP contribution < -0.4 is 0 Å². The van der Waals surface area contributed by atoms with Gasteiger partial charge in [-0.2, -0.15) is 10.5 Å². The van der Waals surface area contributed by atoms with Crippen LogP contribution in [-0.2, 0) is 6.42 Å². The fourth-order valence-corrected chi connectivity index (χ4v) is 8.43. The van der Waals surface area contributed by atoms with E-state index in [2.05, 4.69) is 159 Å². The van der Waals surface area contributed by atoms with Crippen molar-refractivity contribution >= 4 is 0 Å². The molecular weight excluding hydrogens is 605 g/mol. The van der Waals surface area contributed by atoms with E-state index in [0.717, 1.165) is 50.9 Å². The average Bonchev–Trinajstić information content (AvgIpc) is 3.20. The first-order chi connectivity index (χ1) is 24.7. The van der Waals surface area contributed by atoms with E-state index in [1.807, 2.05) is 12.1 Å². The molecule has 234 valence electrons. The topological polar surface area (TPSA) is 47.6 Å². The second-order valence-electron chi connectivity index (χ2n) is 13.3. The first-order valence-corrected chi connectivity index (χ1v) is 17.3. The van der Waals surface area contributed by atoms with Gasteiger partial charge in [0.05, 0.1) is 23.3 Å². The molecule has 50 heavy (non-hydrogen) atoms. The van der Waals surface area contributed by atoms with Crippen LogP contribution in [-0.4, -0.2) is 0 Å². The maximum atomic E-state index is 10.7. The van der Waals surface area contributed by atoms with E-state index in [9.17, 15) is 10.5 Å². The van der Waals surface area contributed by atoms with E-state index < -0.39 is 0 Å². The molecule has 0 amide bonds. The summed E-state index contributed by atoms with van der Waals surface area (Å²) < 4.78 is 0. The Balaban J connectivity index is 1.30. The quantitative estimate of drug-likeness (QED) is 0.189. The smallest absolute Gasteiger partial charge is 0.0998 e.